The smallest absolute Gasteiger partial charge is 0.161 e. The van der Waals surface area contributed by atoms with Crippen molar-refractivity contribution < 1.29 is 0 Å². The molecule has 1 N–H and O–H groups in total. The van der Waals surface area contributed by atoms with Crippen molar-refractivity contribution in [2.75, 3.05) is 11.9 Å². The summed E-state index contributed by atoms with van der Waals surface area (Å²) in [5.74, 6) is 1.84. The summed E-state index contributed by atoms with van der Waals surface area (Å²) >= 11 is 0. The van der Waals surface area contributed by atoms with Gasteiger partial charge in [-0.15, -0.1) is 0 Å². The van der Waals surface area contributed by atoms with Crippen molar-refractivity contribution in [3.8, 4) is 11.4 Å². The van der Waals surface area contributed by atoms with Gasteiger partial charge in [-0.3, -0.25) is 0 Å². The lowest BCUT2D eigenvalue weighted by atomic mass is 10.1. The summed E-state index contributed by atoms with van der Waals surface area (Å²) in [4.78, 5) is 9.29. The molecule has 0 aliphatic carbocycles. The van der Waals surface area contributed by atoms with Gasteiger partial charge in [-0.2, -0.15) is 0 Å². The molecule has 0 saturated heterocycles. The van der Waals surface area contributed by atoms with Crippen molar-refractivity contribution in [1.82, 2.24) is 9.97 Å². The molecule has 1 aromatic carbocycles. The maximum Gasteiger partial charge on any atom is 0.161 e. The van der Waals surface area contributed by atoms with Crippen LogP contribution in [-0.4, -0.2) is 16.5 Å². The van der Waals surface area contributed by atoms with Crippen molar-refractivity contribution in [2.45, 2.75) is 26.7 Å². The Balaban J connectivity index is 2.08. The fraction of sp³-hybridized carbons (Fsp3) is 0.333. The van der Waals surface area contributed by atoms with Crippen LogP contribution in [0.25, 0.3) is 11.4 Å². The van der Waals surface area contributed by atoms with E-state index in [9.17, 15) is 0 Å². The van der Waals surface area contributed by atoms with Gasteiger partial charge in [0.25, 0.3) is 0 Å². The summed E-state index contributed by atoms with van der Waals surface area (Å²) in [6.07, 6.45) is 2.25. The number of hydrogen-bond acceptors (Lipinski definition) is 3. The molecule has 3 nitrogen and oxygen atoms in total. The van der Waals surface area contributed by atoms with Crippen LogP contribution in [0.1, 0.15) is 23.2 Å². The molecule has 3 rings (SSSR count). The van der Waals surface area contributed by atoms with Crippen LogP contribution >= 0.6 is 0 Å². The summed E-state index contributed by atoms with van der Waals surface area (Å²) in [7, 11) is 0. The zero-order valence-corrected chi connectivity index (χ0v) is 10.8. The highest BCUT2D eigenvalue weighted by Crippen LogP contribution is 2.25. The lowest BCUT2D eigenvalue weighted by Gasteiger charge is -2.19. The first kappa shape index (κ1) is 11.2. The Bertz CT molecular complexity index is 573. The lowest BCUT2D eigenvalue weighted by Crippen LogP contribution is -2.16. The average Bonchev–Trinajstić information content (AvgIpc) is 2.39. The van der Waals surface area contributed by atoms with Gasteiger partial charge < -0.3 is 5.32 Å². The van der Waals surface area contributed by atoms with Gasteiger partial charge in [-0.1, -0.05) is 29.8 Å². The van der Waals surface area contributed by atoms with E-state index in [4.69, 9.17) is 0 Å². The van der Waals surface area contributed by atoms with Crippen LogP contribution in [0.5, 0.6) is 0 Å². The van der Waals surface area contributed by atoms with E-state index in [1.54, 1.807) is 0 Å². The SMILES string of the molecule is Cc1ccc(-c2nc(C)c3c(n2)NCCC3)cc1. The minimum atomic E-state index is 0.820. The van der Waals surface area contributed by atoms with Crippen molar-refractivity contribution in [3.05, 3.63) is 41.1 Å². The van der Waals surface area contributed by atoms with E-state index in [-0.39, 0.29) is 0 Å². The number of fused-ring (bicyclic) bond motifs is 1. The fourth-order valence-corrected chi connectivity index (χ4v) is 2.35. The van der Waals surface area contributed by atoms with Gasteiger partial charge in [0, 0.05) is 23.4 Å². The highest BCUT2D eigenvalue weighted by Gasteiger charge is 2.15. The van der Waals surface area contributed by atoms with Gasteiger partial charge in [0.2, 0.25) is 0 Å². The Morgan fingerprint density at radius 1 is 1.06 bits per heavy atom. The number of benzene rings is 1. The summed E-state index contributed by atoms with van der Waals surface area (Å²) in [5.41, 5.74) is 4.71. The predicted octanol–water partition coefficient (Wildman–Crippen LogP) is 3.12. The molecule has 0 fully saturated rings. The molecule has 3 heteroatoms. The standard InChI is InChI=1S/C15H17N3/c1-10-5-7-12(8-6-10)14-17-11(2)13-4-3-9-16-15(13)18-14/h5-8H,3-4,9H2,1-2H3,(H,16,17,18). The van der Waals surface area contributed by atoms with Crippen molar-refractivity contribution >= 4 is 5.82 Å². The molecule has 0 spiro atoms. The van der Waals surface area contributed by atoms with Crippen LogP contribution in [0, 0.1) is 13.8 Å². The number of aromatic nitrogens is 2. The second-order valence-corrected chi connectivity index (χ2v) is 4.86. The average molecular weight is 239 g/mol. The molecule has 2 heterocycles. The van der Waals surface area contributed by atoms with E-state index in [2.05, 4.69) is 53.4 Å². The molecule has 0 unspecified atom stereocenters. The quantitative estimate of drug-likeness (QED) is 0.831. The number of nitrogens with zero attached hydrogens (tertiary/aromatic N) is 2. The van der Waals surface area contributed by atoms with Crippen molar-refractivity contribution in [3.63, 3.8) is 0 Å². The second kappa shape index (κ2) is 4.41. The van der Waals surface area contributed by atoms with Gasteiger partial charge in [-0.25, -0.2) is 9.97 Å². The van der Waals surface area contributed by atoms with Crippen LogP contribution in [0.2, 0.25) is 0 Å². The molecule has 1 aliphatic rings. The number of aryl methyl sites for hydroxylation is 2. The molecule has 92 valence electrons. The van der Waals surface area contributed by atoms with Crippen LogP contribution in [-0.2, 0) is 6.42 Å². The highest BCUT2D eigenvalue weighted by atomic mass is 15.0. The number of anilines is 1. The van der Waals surface area contributed by atoms with Crippen molar-refractivity contribution in [2.24, 2.45) is 0 Å². The second-order valence-electron chi connectivity index (χ2n) is 4.86. The first-order valence-corrected chi connectivity index (χ1v) is 6.42. The van der Waals surface area contributed by atoms with Gasteiger partial charge in [-0.05, 0) is 26.7 Å². The Hall–Kier alpha value is -1.90. The topological polar surface area (TPSA) is 37.8 Å². The third-order valence-corrected chi connectivity index (χ3v) is 3.42. The first-order valence-electron chi connectivity index (χ1n) is 6.42. The molecule has 1 aliphatic heterocycles. The van der Waals surface area contributed by atoms with Crippen molar-refractivity contribution in [1.29, 1.82) is 0 Å². The normalized spacial score (nSPS) is 13.9. The molecular formula is C15H17N3. The van der Waals surface area contributed by atoms with Crippen LogP contribution in [0.4, 0.5) is 5.82 Å². The Kier molecular flexibility index (Phi) is 2.74. The Labute approximate surface area is 107 Å². The van der Waals surface area contributed by atoms with Crippen LogP contribution in [0.15, 0.2) is 24.3 Å². The molecule has 0 radical (unpaired) electrons. The van der Waals surface area contributed by atoms with Gasteiger partial charge in [0.05, 0.1) is 0 Å². The zero-order valence-electron chi connectivity index (χ0n) is 10.8. The maximum atomic E-state index is 4.65. The molecule has 0 atom stereocenters. The van der Waals surface area contributed by atoms with Gasteiger partial charge in [0.1, 0.15) is 5.82 Å². The number of hydrogen-bond donors (Lipinski definition) is 1. The lowest BCUT2D eigenvalue weighted by molar-refractivity contribution is 0.799. The fourth-order valence-electron chi connectivity index (χ4n) is 2.35. The maximum absolute atomic E-state index is 4.65. The van der Waals surface area contributed by atoms with Gasteiger partial charge in [0.15, 0.2) is 5.82 Å². The number of rotatable bonds is 1. The summed E-state index contributed by atoms with van der Waals surface area (Å²) < 4.78 is 0. The minimum Gasteiger partial charge on any atom is -0.370 e. The molecule has 18 heavy (non-hydrogen) atoms. The summed E-state index contributed by atoms with van der Waals surface area (Å²) in [6.45, 7) is 5.17. The minimum absolute atomic E-state index is 0.820. The molecule has 0 amide bonds. The van der Waals surface area contributed by atoms with E-state index in [0.717, 1.165) is 35.9 Å². The molecule has 2 aromatic rings. The van der Waals surface area contributed by atoms with E-state index < -0.39 is 0 Å². The third kappa shape index (κ3) is 1.96. The van der Waals surface area contributed by atoms with Gasteiger partial charge >= 0.3 is 0 Å². The van der Waals surface area contributed by atoms with E-state index in [1.807, 2.05) is 0 Å². The summed E-state index contributed by atoms with van der Waals surface area (Å²) in [6, 6.07) is 8.36. The molecule has 0 bridgehead atoms. The van der Waals surface area contributed by atoms with E-state index in [1.165, 1.54) is 17.5 Å². The number of nitrogens with one attached hydrogen (secondary N) is 1. The van der Waals surface area contributed by atoms with Crippen LogP contribution in [0.3, 0.4) is 0 Å². The molecular weight excluding hydrogens is 222 g/mol. The largest absolute Gasteiger partial charge is 0.370 e. The molecule has 0 saturated carbocycles. The zero-order chi connectivity index (χ0) is 12.5. The highest BCUT2D eigenvalue weighted by molar-refractivity contribution is 5.60. The Morgan fingerprint density at radius 2 is 1.83 bits per heavy atom. The van der Waals surface area contributed by atoms with Crippen LogP contribution < -0.4 is 5.32 Å². The monoisotopic (exact) mass is 239 g/mol. The van der Waals surface area contributed by atoms with E-state index >= 15 is 0 Å². The third-order valence-electron chi connectivity index (χ3n) is 3.42. The Morgan fingerprint density at radius 3 is 2.61 bits per heavy atom. The summed E-state index contributed by atoms with van der Waals surface area (Å²) in [5, 5.41) is 3.37. The van der Waals surface area contributed by atoms with E-state index in [0.29, 0.717) is 0 Å². The molecule has 1 aromatic heterocycles. The predicted molar refractivity (Wildman–Crippen MR) is 73.8 cm³/mol. The first-order chi connectivity index (χ1) is 8.74.